The molecule has 1 fully saturated rings. The fourth-order valence-corrected chi connectivity index (χ4v) is 2.76. The van der Waals surface area contributed by atoms with Crippen LogP contribution < -0.4 is 15.4 Å². The first kappa shape index (κ1) is 16.7. The highest BCUT2D eigenvalue weighted by molar-refractivity contribution is 5.81. The monoisotopic (exact) mass is 305 g/mol. The fraction of sp³-hybridized carbons (Fsp3) is 0.647. The van der Waals surface area contributed by atoms with Gasteiger partial charge in [-0.2, -0.15) is 0 Å². The summed E-state index contributed by atoms with van der Waals surface area (Å²) in [5.41, 5.74) is 1.01. The van der Waals surface area contributed by atoms with E-state index in [4.69, 9.17) is 4.74 Å². The molecular formula is C17H27N3O2. The van der Waals surface area contributed by atoms with Crippen LogP contribution in [0.15, 0.2) is 18.3 Å². The average molecular weight is 305 g/mol. The van der Waals surface area contributed by atoms with E-state index in [2.05, 4.69) is 36.4 Å². The topological polar surface area (TPSA) is 63.2 Å². The smallest absolute Gasteiger partial charge is 0.237 e. The zero-order valence-corrected chi connectivity index (χ0v) is 13.8. The molecule has 1 aromatic heterocycles. The fourth-order valence-electron chi connectivity index (χ4n) is 2.76. The number of nitrogens with zero attached hydrogens (tertiary/aromatic N) is 1. The van der Waals surface area contributed by atoms with Crippen molar-refractivity contribution in [2.75, 3.05) is 6.54 Å². The molecule has 0 radical (unpaired) electrons. The largest absolute Gasteiger partial charge is 0.475 e. The van der Waals surface area contributed by atoms with Crippen molar-refractivity contribution in [1.82, 2.24) is 15.6 Å². The number of ether oxygens (including phenoxy) is 1. The van der Waals surface area contributed by atoms with Crippen molar-refractivity contribution < 1.29 is 9.53 Å². The van der Waals surface area contributed by atoms with E-state index in [9.17, 15) is 4.79 Å². The van der Waals surface area contributed by atoms with Gasteiger partial charge in [-0.15, -0.1) is 0 Å². The lowest BCUT2D eigenvalue weighted by atomic mass is 10.1. The molecule has 2 unspecified atom stereocenters. The van der Waals surface area contributed by atoms with E-state index in [1.54, 1.807) is 6.20 Å². The Morgan fingerprint density at radius 2 is 2.32 bits per heavy atom. The van der Waals surface area contributed by atoms with Crippen molar-refractivity contribution >= 4 is 5.91 Å². The van der Waals surface area contributed by atoms with Gasteiger partial charge in [0.25, 0.3) is 0 Å². The van der Waals surface area contributed by atoms with E-state index in [1.807, 2.05) is 12.1 Å². The SMILES string of the molecule is CC(C)CC(C)Oc1cc(CNC(=O)C2CCCN2)ccn1. The zero-order chi connectivity index (χ0) is 15.9. The highest BCUT2D eigenvalue weighted by atomic mass is 16.5. The lowest BCUT2D eigenvalue weighted by Crippen LogP contribution is -2.40. The number of hydrogen-bond acceptors (Lipinski definition) is 4. The molecular weight excluding hydrogens is 278 g/mol. The summed E-state index contributed by atoms with van der Waals surface area (Å²) in [6.07, 6.45) is 4.85. The van der Waals surface area contributed by atoms with Crippen LogP contribution in [-0.2, 0) is 11.3 Å². The molecule has 1 aliphatic rings. The Hall–Kier alpha value is -1.62. The maximum absolute atomic E-state index is 12.0. The van der Waals surface area contributed by atoms with Gasteiger partial charge in [0.05, 0.1) is 12.1 Å². The van der Waals surface area contributed by atoms with Crippen LogP contribution in [0.5, 0.6) is 5.88 Å². The third-order valence-corrected chi connectivity index (χ3v) is 3.77. The minimum atomic E-state index is -0.0383. The van der Waals surface area contributed by atoms with Crippen molar-refractivity contribution in [3.05, 3.63) is 23.9 Å². The number of aromatic nitrogens is 1. The lowest BCUT2D eigenvalue weighted by molar-refractivity contribution is -0.122. The van der Waals surface area contributed by atoms with Crippen molar-refractivity contribution in [2.45, 2.75) is 58.7 Å². The second-order valence-electron chi connectivity index (χ2n) is 6.43. The van der Waals surface area contributed by atoms with Crippen LogP contribution in [0.2, 0.25) is 0 Å². The summed E-state index contributed by atoms with van der Waals surface area (Å²) < 4.78 is 5.84. The normalized spacial score (nSPS) is 19.2. The number of amides is 1. The van der Waals surface area contributed by atoms with Gasteiger partial charge in [-0.1, -0.05) is 13.8 Å². The zero-order valence-electron chi connectivity index (χ0n) is 13.8. The molecule has 1 saturated heterocycles. The van der Waals surface area contributed by atoms with Crippen LogP contribution in [0.1, 0.15) is 45.6 Å². The molecule has 1 amide bonds. The summed E-state index contributed by atoms with van der Waals surface area (Å²) in [6.45, 7) is 7.85. The molecule has 2 rings (SSSR count). The number of carbonyl (C=O) groups is 1. The second kappa shape index (κ2) is 8.13. The quantitative estimate of drug-likeness (QED) is 0.811. The van der Waals surface area contributed by atoms with Gasteiger partial charge in [0.1, 0.15) is 0 Å². The lowest BCUT2D eigenvalue weighted by Gasteiger charge is -2.16. The molecule has 0 aromatic carbocycles. The van der Waals surface area contributed by atoms with Gasteiger partial charge >= 0.3 is 0 Å². The third kappa shape index (κ3) is 5.30. The first-order valence-electron chi connectivity index (χ1n) is 8.17. The molecule has 2 heterocycles. The molecule has 22 heavy (non-hydrogen) atoms. The summed E-state index contributed by atoms with van der Waals surface area (Å²) >= 11 is 0. The predicted molar refractivity (Wildman–Crippen MR) is 86.7 cm³/mol. The molecule has 0 saturated carbocycles. The Morgan fingerprint density at radius 1 is 1.50 bits per heavy atom. The van der Waals surface area contributed by atoms with E-state index in [0.717, 1.165) is 31.4 Å². The Morgan fingerprint density at radius 3 is 3.00 bits per heavy atom. The molecule has 0 aliphatic carbocycles. The highest BCUT2D eigenvalue weighted by Gasteiger charge is 2.21. The van der Waals surface area contributed by atoms with Gasteiger partial charge in [0.15, 0.2) is 0 Å². The molecule has 2 N–H and O–H groups in total. The van der Waals surface area contributed by atoms with E-state index in [1.165, 1.54) is 0 Å². The Bertz CT molecular complexity index is 485. The van der Waals surface area contributed by atoms with Crippen molar-refractivity contribution in [3.63, 3.8) is 0 Å². The van der Waals surface area contributed by atoms with Gasteiger partial charge < -0.3 is 15.4 Å². The number of rotatable bonds is 7. The van der Waals surface area contributed by atoms with Gasteiger partial charge in [0, 0.05) is 18.8 Å². The van der Waals surface area contributed by atoms with Crippen LogP contribution in [0, 0.1) is 5.92 Å². The van der Waals surface area contributed by atoms with E-state index < -0.39 is 0 Å². The number of hydrogen-bond donors (Lipinski definition) is 2. The van der Waals surface area contributed by atoms with Crippen LogP contribution >= 0.6 is 0 Å². The average Bonchev–Trinajstić information content (AvgIpc) is 2.98. The maximum atomic E-state index is 12.0. The molecule has 5 heteroatoms. The molecule has 1 aromatic rings. The summed E-state index contributed by atoms with van der Waals surface area (Å²) in [5, 5.41) is 6.17. The molecule has 122 valence electrons. The van der Waals surface area contributed by atoms with E-state index in [0.29, 0.717) is 18.3 Å². The van der Waals surface area contributed by atoms with Crippen LogP contribution in [-0.4, -0.2) is 29.6 Å². The molecule has 1 aliphatic heterocycles. The van der Waals surface area contributed by atoms with Gasteiger partial charge in [0.2, 0.25) is 11.8 Å². The van der Waals surface area contributed by atoms with E-state index >= 15 is 0 Å². The summed E-state index contributed by atoms with van der Waals surface area (Å²) in [5.74, 6) is 1.29. The van der Waals surface area contributed by atoms with Gasteiger partial charge in [-0.05, 0) is 50.3 Å². The third-order valence-electron chi connectivity index (χ3n) is 3.77. The summed E-state index contributed by atoms with van der Waals surface area (Å²) in [4.78, 5) is 16.2. The van der Waals surface area contributed by atoms with Crippen LogP contribution in [0.4, 0.5) is 0 Å². The number of nitrogens with one attached hydrogen (secondary N) is 2. The molecule has 5 nitrogen and oxygen atoms in total. The predicted octanol–water partition coefficient (Wildman–Crippen LogP) is 2.26. The molecule has 0 spiro atoms. The number of pyridine rings is 1. The van der Waals surface area contributed by atoms with Crippen LogP contribution in [0.25, 0.3) is 0 Å². The first-order valence-corrected chi connectivity index (χ1v) is 8.17. The van der Waals surface area contributed by atoms with Gasteiger partial charge in [-0.3, -0.25) is 4.79 Å². The van der Waals surface area contributed by atoms with Crippen molar-refractivity contribution in [1.29, 1.82) is 0 Å². The summed E-state index contributed by atoms with van der Waals surface area (Å²) in [7, 11) is 0. The second-order valence-corrected chi connectivity index (χ2v) is 6.43. The first-order chi connectivity index (χ1) is 10.5. The Balaban J connectivity index is 1.84. The number of carbonyl (C=O) groups excluding carboxylic acids is 1. The standard InChI is InChI=1S/C17H27N3O2/c1-12(2)9-13(3)22-16-10-14(6-8-19-16)11-20-17(21)15-5-4-7-18-15/h6,8,10,12-13,15,18H,4-5,7,9,11H2,1-3H3,(H,20,21). The van der Waals surface area contributed by atoms with Gasteiger partial charge in [-0.25, -0.2) is 4.98 Å². The Labute approximate surface area is 132 Å². The molecule has 0 bridgehead atoms. The highest BCUT2D eigenvalue weighted by Crippen LogP contribution is 2.15. The van der Waals surface area contributed by atoms with Crippen LogP contribution in [0.3, 0.4) is 0 Å². The summed E-state index contributed by atoms with van der Waals surface area (Å²) in [6, 6.07) is 3.77. The molecule has 2 atom stereocenters. The van der Waals surface area contributed by atoms with Crippen molar-refractivity contribution in [3.8, 4) is 5.88 Å². The van der Waals surface area contributed by atoms with E-state index in [-0.39, 0.29) is 18.1 Å². The minimum Gasteiger partial charge on any atom is -0.475 e. The minimum absolute atomic E-state index is 0.0383. The Kier molecular flexibility index (Phi) is 6.19. The van der Waals surface area contributed by atoms with Crippen molar-refractivity contribution in [2.24, 2.45) is 5.92 Å². The maximum Gasteiger partial charge on any atom is 0.237 e.